The van der Waals surface area contributed by atoms with E-state index in [2.05, 4.69) is 68.1 Å². The standard InChI is InChI=1S/C25H30ClN3O2S.C2H4O2/c1-5-31-24-13-8-18(25(26)30)14-21(24)17-6-9-19(10-7-17)29(4)32-20-11-12-23-22(15-20)27-16(2)28(23)3;1-4-2-3/h6-7,9-12,15,18,21,24H,5,8,13-14H2,1-4H3;2H,1H3/t18?,21?,24-;/m1./s1. The Balaban J connectivity index is 0.000000840. The van der Waals surface area contributed by atoms with Crippen molar-refractivity contribution in [2.75, 3.05) is 25.1 Å². The molecule has 0 N–H and O–H groups in total. The van der Waals surface area contributed by atoms with Crippen molar-refractivity contribution in [2.45, 2.75) is 50.0 Å². The first-order chi connectivity index (χ1) is 17.3. The summed E-state index contributed by atoms with van der Waals surface area (Å²) < 4.78 is 14.1. The van der Waals surface area contributed by atoms with Crippen LogP contribution in [0, 0.1) is 12.8 Å². The van der Waals surface area contributed by atoms with Gasteiger partial charge in [0, 0.05) is 43.1 Å². The molecular formula is C27H34ClN3O4S. The van der Waals surface area contributed by atoms with Crippen LogP contribution in [0.25, 0.3) is 11.0 Å². The molecule has 0 saturated heterocycles. The Bertz CT molecular complexity index is 1170. The maximum Gasteiger partial charge on any atom is 0.292 e. The van der Waals surface area contributed by atoms with Crippen molar-refractivity contribution >= 4 is 52.0 Å². The molecule has 1 saturated carbocycles. The Morgan fingerprint density at radius 2 is 1.94 bits per heavy atom. The molecule has 7 nitrogen and oxygen atoms in total. The van der Waals surface area contributed by atoms with Gasteiger partial charge in [-0.15, -0.1) is 0 Å². The predicted molar refractivity (Wildman–Crippen MR) is 146 cm³/mol. The molecule has 2 aromatic carbocycles. The molecule has 0 spiro atoms. The van der Waals surface area contributed by atoms with Crippen molar-refractivity contribution in [3.63, 3.8) is 0 Å². The van der Waals surface area contributed by atoms with Gasteiger partial charge >= 0.3 is 0 Å². The number of hydrogen-bond acceptors (Lipinski definition) is 7. The van der Waals surface area contributed by atoms with Crippen LogP contribution in [0.5, 0.6) is 0 Å². The van der Waals surface area contributed by atoms with Crippen molar-refractivity contribution in [1.82, 2.24) is 9.55 Å². The van der Waals surface area contributed by atoms with Crippen LogP contribution in [0.1, 0.15) is 43.5 Å². The summed E-state index contributed by atoms with van der Waals surface area (Å²) in [7, 11) is 5.42. The number of carbonyl (C=O) groups is 2. The number of nitrogens with zero attached hydrogens (tertiary/aromatic N) is 3. The fourth-order valence-corrected chi connectivity index (χ4v) is 5.65. The minimum absolute atomic E-state index is 0.0820. The number of carbonyl (C=O) groups excluding carboxylic acids is 2. The van der Waals surface area contributed by atoms with Crippen molar-refractivity contribution in [3.8, 4) is 0 Å². The molecule has 4 rings (SSSR count). The molecule has 36 heavy (non-hydrogen) atoms. The Labute approximate surface area is 222 Å². The third kappa shape index (κ3) is 6.81. The van der Waals surface area contributed by atoms with Gasteiger partial charge in [-0.2, -0.15) is 0 Å². The van der Waals surface area contributed by atoms with E-state index < -0.39 is 0 Å². The molecule has 0 aliphatic heterocycles. The SMILES string of the molecule is CCO[C@@H]1CCC(C(=O)Cl)CC1c1ccc(N(C)Sc2ccc3c(c2)nc(C)n3C)cc1.COC=O. The first-order valence-electron chi connectivity index (χ1n) is 12.0. The highest BCUT2D eigenvalue weighted by Crippen LogP contribution is 2.40. The van der Waals surface area contributed by atoms with E-state index in [1.807, 2.05) is 20.9 Å². The van der Waals surface area contributed by atoms with Crippen molar-refractivity contribution in [3.05, 3.63) is 53.9 Å². The van der Waals surface area contributed by atoms with Crippen molar-refractivity contribution < 1.29 is 19.1 Å². The number of anilines is 1. The van der Waals surface area contributed by atoms with Crippen LogP contribution in [0.3, 0.4) is 0 Å². The monoisotopic (exact) mass is 531 g/mol. The lowest BCUT2D eigenvalue weighted by molar-refractivity contribution is -0.126. The third-order valence-corrected chi connectivity index (χ3v) is 7.85. The average Bonchev–Trinajstić information content (AvgIpc) is 3.17. The summed E-state index contributed by atoms with van der Waals surface area (Å²) in [5, 5.41) is -0.224. The second-order valence-electron chi connectivity index (χ2n) is 8.80. The van der Waals surface area contributed by atoms with Crippen LogP contribution in [0.15, 0.2) is 47.4 Å². The number of aryl methyl sites for hydroxylation is 2. The fraction of sp³-hybridized carbons (Fsp3) is 0.444. The highest BCUT2D eigenvalue weighted by atomic mass is 35.5. The highest BCUT2D eigenvalue weighted by Gasteiger charge is 2.34. The zero-order valence-electron chi connectivity index (χ0n) is 21.4. The maximum atomic E-state index is 11.8. The van der Waals surface area contributed by atoms with Gasteiger partial charge in [0.05, 0.1) is 24.2 Å². The van der Waals surface area contributed by atoms with Crippen LogP contribution >= 0.6 is 23.5 Å². The van der Waals surface area contributed by atoms with Gasteiger partial charge in [0.1, 0.15) is 5.82 Å². The fourth-order valence-electron chi connectivity index (χ4n) is 4.61. The topological polar surface area (TPSA) is 73.7 Å². The quantitative estimate of drug-likeness (QED) is 0.204. The Hall–Kier alpha value is -2.55. The van der Waals surface area contributed by atoms with E-state index in [0.29, 0.717) is 13.1 Å². The molecule has 194 valence electrons. The summed E-state index contributed by atoms with van der Waals surface area (Å²) >= 11 is 7.51. The molecule has 1 fully saturated rings. The molecule has 0 amide bonds. The molecule has 2 unspecified atom stereocenters. The molecule has 1 aromatic heterocycles. The van der Waals surface area contributed by atoms with Crippen LogP contribution in [0.2, 0.25) is 0 Å². The Morgan fingerprint density at radius 3 is 2.56 bits per heavy atom. The van der Waals surface area contributed by atoms with Crippen molar-refractivity contribution in [2.24, 2.45) is 13.0 Å². The zero-order chi connectivity index (χ0) is 26.2. The average molecular weight is 532 g/mol. The lowest BCUT2D eigenvalue weighted by Crippen LogP contribution is -2.32. The number of imidazole rings is 1. The van der Waals surface area contributed by atoms with Crippen LogP contribution in [-0.4, -0.2) is 48.1 Å². The van der Waals surface area contributed by atoms with Gasteiger partial charge in [-0.25, -0.2) is 4.98 Å². The predicted octanol–water partition coefficient (Wildman–Crippen LogP) is 5.87. The number of rotatable bonds is 8. The minimum atomic E-state index is -0.224. The highest BCUT2D eigenvalue weighted by molar-refractivity contribution is 8.00. The molecule has 1 heterocycles. The first kappa shape index (κ1) is 28.0. The van der Waals surface area contributed by atoms with Crippen molar-refractivity contribution in [1.29, 1.82) is 0 Å². The van der Waals surface area contributed by atoms with Crippen LogP contribution < -0.4 is 4.31 Å². The summed E-state index contributed by atoms with van der Waals surface area (Å²) in [6.45, 7) is 5.10. The lowest BCUT2D eigenvalue weighted by Gasteiger charge is -2.35. The molecule has 0 radical (unpaired) electrons. The Kier molecular flexibility index (Phi) is 10.2. The van der Waals surface area contributed by atoms with Gasteiger partial charge in [-0.1, -0.05) is 12.1 Å². The normalized spacial score (nSPS) is 19.3. The number of aromatic nitrogens is 2. The van der Waals surface area contributed by atoms with E-state index in [1.54, 1.807) is 11.9 Å². The van der Waals surface area contributed by atoms with Gasteiger partial charge in [-0.05, 0) is 92.6 Å². The summed E-state index contributed by atoms with van der Waals surface area (Å²) in [4.78, 5) is 26.5. The number of halogens is 1. The minimum Gasteiger partial charge on any atom is -0.471 e. The van der Waals surface area contributed by atoms with E-state index in [-0.39, 0.29) is 23.2 Å². The molecule has 1 aliphatic rings. The summed E-state index contributed by atoms with van der Waals surface area (Å²) in [5.74, 6) is 1.12. The smallest absolute Gasteiger partial charge is 0.292 e. The van der Waals surface area contributed by atoms with Gasteiger partial charge in [0.25, 0.3) is 6.47 Å². The zero-order valence-corrected chi connectivity index (χ0v) is 23.0. The van der Waals surface area contributed by atoms with E-state index in [4.69, 9.17) is 21.1 Å². The molecule has 9 heteroatoms. The molecule has 3 atom stereocenters. The third-order valence-electron chi connectivity index (χ3n) is 6.59. The number of ether oxygens (including phenoxy) is 2. The van der Waals surface area contributed by atoms with Gasteiger partial charge < -0.3 is 18.3 Å². The number of methoxy groups -OCH3 is 1. The van der Waals surface area contributed by atoms with Gasteiger partial charge in [0.2, 0.25) is 5.24 Å². The molecular weight excluding hydrogens is 498 g/mol. The second-order valence-corrected chi connectivity index (χ2v) is 10.4. The second kappa shape index (κ2) is 13.1. The lowest BCUT2D eigenvalue weighted by atomic mass is 9.76. The number of benzene rings is 2. The molecule has 3 aromatic rings. The van der Waals surface area contributed by atoms with Gasteiger partial charge in [-0.3, -0.25) is 9.59 Å². The summed E-state index contributed by atoms with van der Waals surface area (Å²) in [6.07, 6.45) is 2.56. The van der Waals surface area contributed by atoms with E-state index in [1.165, 1.54) is 12.7 Å². The Morgan fingerprint density at radius 1 is 1.25 bits per heavy atom. The summed E-state index contributed by atoms with van der Waals surface area (Å²) in [5.41, 5.74) is 4.48. The largest absolute Gasteiger partial charge is 0.471 e. The van der Waals surface area contributed by atoms with Crippen LogP contribution in [-0.2, 0) is 26.1 Å². The maximum absolute atomic E-state index is 11.8. The van der Waals surface area contributed by atoms with Gasteiger partial charge in [0.15, 0.2) is 0 Å². The van der Waals surface area contributed by atoms with Crippen LogP contribution in [0.4, 0.5) is 5.69 Å². The summed E-state index contributed by atoms with van der Waals surface area (Å²) in [6, 6.07) is 15.0. The van der Waals surface area contributed by atoms with E-state index in [9.17, 15) is 4.79 Å². The molecule has 1 aliphatic carbocycles. The first-order valence-corrected chi connectivity index (χ1v) is 13.2. The van der Waals surface area contributed by atoms with E-state index >= 15 is 0 Å². The number of hydrogen-bond donors (Lipinski definition) is 0. The number of fused-ring (bicyclic) bond motifs is 1. The molecule has 0 bridgehead atoms. The van der Waals surface area contributed by atoms with E-state index in [0.717, 1.165) is 46.7 Å².